The molecule has 1 aliphatic rings. The smallest absolute Gasteiger partial charge is 0.228 e. The Hall–Kier alpha value is -2.99. The largest absolute Gasteiger partial charge is 0.441 e. The van der Waals surface area contributed by atoms with Crippen LogP contribution in [0.5, 0.6) is 0 Å². The summed E-state index contributed by atoms with van der Waals surface area (Å²) in [5, 5.41) is 3.04. The van der Waals surface area contributed by atoms with Crippen molar-refractivity contribution in [1.82, 2.24) is 9.88 Å². The van der Waals surface area contributed by atoms with Crippen molar-refractivity contribution >= 4 is 11.6 Å². The van der Waals surface area contributed by atoms with Crippen LogP contribution in [0.25, 0.3) is 11.5 Å². The van der Waals surface area contributed by atoms with Gasteiger partial charge < -0.3 is 9.73 Å². The maximum Gasteiger partial charge on any atom is 0.228 e. The average molecular weight is 407 g/mol. The summed E-state index contributed by atoms with van der Waals surface area (Å²) in [6.45, 7) is 6.03. The van der Waals surface area contributed by atoms with E-state index in [1.54, 1.807) is 12.1 Å². The molecule has 6 heteroatoms. The highest BCUT2D eigenvalue weighted by atomic mass is 19.1. The molecule has 2 heterocycles. The van der Waals surface area contributed by atoms with Crippen molar-refractivity contribution < 1.29 is 13.6 Å². The van der Waals surface area contributed by atoms with Crippen molar-refractivity contribution in [3.63, 3.8) is 0 Å². The lowest BCUT2D eigenvalue weighted by molar-refractivity contribution is -0.121. The highest BCUT2D eigenvalue weighted by molar-refractivity contribution is 5.93. The fourth-order valence-electron chi connectivity index (χ4n) is 3.88. The maximum atomic E-state index is 13.5. The second-order valence-corrected chi connectivity index (χ2v) is 7.93. The number of aromatic nitrogens is 1. The van der Waals surface area contributed by atoms with E-state index in [0.717, 1.165) is 47.7 Å². The van der Waals surface area contributed by atoms with Gasteiger partial charge in [0.15, 0.2) is 0 Å². The lowest BCUT2D eigenvalue weighted by atomic mass is 9.96. The first kappa shape index (κ1) is 20.3. The molecule has 156 valence electrons. The van der Waals surface area contributed by atoms with Crippen LogP contribution in [0.2, 0.25) is 0 Å². The number of hydrogen-bond acceptors (Lipinski definition) is 4. The molecule has 4 rings (SSSR count). The van der Waals surface area contributed by atoms with Crippen molar-refractivity contribution in [2.75, 3.05) is 18.4 Å². The normalized spacial score (nSPS) is 17.1. The summed E-state index contributed by atoms with van der Waals surface area (Å²) < 4.78 is 19.2. The van der Waals surface area contributed by atoms with E-state index in [2.05, 4.69) is 15.2 Å². The first-order valence-corrected chi connectivity index (χ1v) is 10.3. The van der Waals surface area contributed by atoms with Gasteiger partial charge in [-0.1, -0.05) is 18.2 Å². The van der Waals surface area contributed by atoms with Crippen LogP contribution in [-0.4, -0.2) is 28.9 Å². The number of halogens is 1. The number of nitrogens with one attached hydrogen (secondary N) is 1. The van der Waals surface area contributed by atoms with E-state index in [-0.39, 0.29) is 17.6 Å². The molecule has 1 saturated heterocycles. The predicted molar refractivity (Wildman–Crippen MR) is 114 cm³/mol. The molecule has 5 nitrogen and oxygen atoms in total. The molecule has 1 atom stereocenters. The standard InChI is InChI=1S/C24H26FN3O2/c1-16-17(2)30-24(26-16)19-7-4-10-22(13-19)27-23(29)20-8-5-11-28(15-20)14-18-6-3-9-21(25)12-18/h3-4,6-7,9-10,12-13,20H,5,8,11,14-15H2,1-2H3,(H,27,29). The molecule has 0 saturated carbocycles. The van der Waals surface area contributed by atoms with E-state index in [1.807, 2.05) is 44.2 Å². The van der Waals surface area contributed by atoms with E-state index < -0.39 is 0 Å². The minimum atomic E-state index is -0.227. The van der Waals surface area contributed by atoms with Crippen LogP contribution in [0.15, 0.2) is 52.9 Å². The Balaban J connectivity index is 1.40. The van der Waals surface area contributed by atoms with Gasteiger partial charge in [-0.15, -0.1) is 0 Å². The number of anilines is 1. The fourth-order valence-corrected chi connectivity index (χ4v) is 3.88. The third kappa shape index (κ3) is 4.76. The van der Waals surface area contributed by atoms with Crippen LogP contribution >= 0.6 is 0 Å². The number of amides is 1. The number of rotatable bonds is 5. The van der Waals surface area contributed by atoms with Crippen LogP contribution < -0.4 is 5.32 Å². The third-order valence-corrected chi connectivity index (χ3v) is 5.58. The fraction of sp³-hybridized carbons (Fsp3) is 0.333. The average Bonchev–Trinajstić information content (AvgIpc) is 3.07. The predicted octanol–water partition coefficient (Wildman–Crippen LogP) is 4.95. The van der Waals surface area contributed by atoms with Crippen molar-refractivity contribution in [3.05, 3.63) is 71.4 Å². The van der Waals surface area contributed by atoms with Crippen molar-refractivity contribution in [3.8, 4) is 11.5 Å². The number of likely N-dealkylation sites (tertiary alicyclic amines) is 1. The van der Waals surface area contributed by atoms with E-state index in [0.29, 0.717) is 19.0 Å². The second-order valence-electron chi connectivity index (χ2n) is 7.93. The first-order valence-electron chi connectivity index (χ1n) is 10.3. The number of benzene rings is 2. The van der Waals surface area contributed by atoms with Gasteiger partial charge in [-0.05, 0) is 69.1 Å². The van der Waals surface area contributed by atoms with Gasteiger partial charge in [0, 0.05) is 24.3 Å². The molecule has 1 unspecified atom stereocenters. The summed E-state index contributed by atoms with van der Waals surface area (Å²) >= 11 is 0. The number of carbonyl (C=O) groups is 1. The summed E-state index contributed by atoms with van der Waals surface area (Å²) in [5.74, 6) is 1.04. The lowest BCUT2D eigenvalue weighted by Gasteiger charge is -2.32. The first-order chi connectivity index (χ1) is 14.5. The second kappa shape index (κ2) is 8.79. The molecule has 1 aromatic heterocycles. The Kier molecular flexibility index (Phi) is 5.95. The van der Waals surface area contributed by atoms with Gasteiger partial charge in [0.2, 0.25) is 11.8 Å². The van der Waals surface area contributed by atoms with Gasteiger partial charge >= 0.3 is 0 Å². The third-order valence-electron chi connectivity index (χ3n) is 5.58. The van der Waals surface area contributed by atoms with Gasteiger partial charge in [-0.2, -0.15) is 0 Å². The Bertz CT molecular complexity index is 1030. The van der Waals surface area contributed by atoms with Gasteiger partial charge in [-0.25, -0.2) is 9.37 Å². The quantitative estimate of drug-likeness (QED) is 0.650. The summed E-state index contributed by atoms with van der Waals surface area (Å²) in [7, 11) is 0. The minimum absolute atomic E-state index is 0.0101. The van der Waals surface area contributed by atoms with Gasteiger partial charge in [0.25, 0.3) is 0 Å². The molecule has 1 fully saturated rings. The number of oxazole rings is 1. The summed E-state index contributed by atoms with van der Waals surface area (Å²) in [4.78, 5) is 19.5. The zero-order chi connectivity index (χ0) is 21.1. The Morgan fingerprint density at radius 1 is 1.23 bits per heavy atom. The number of aryl methyl sites for hydroxylation is 2. The van der Waals surface area contributed by atoms with Gasteiger partial charge in [0.05, 0.1) is 11.6 Å². The van der Waals surface area contributed by atoms with E-state index in [9.17, 15) is 9.18 Å². The molecular formula is C24H26FN3O2. The number of carbonyl (C=O) groups excluding carboxylic acids is 1. The van der Waals surface area contributed by atoms with Crippen molar-refractivity contribution in [2.24, 2.45) is 5.92 Å². The zero-order valence-electron chi connectivity index (χ0n) is 17.3. The number of nitrogens with zero attached hydrogens (tertiary/aromatic N) is 2. The molecule has 0 spiro atoms. The molecular weight excluding hydrogens is 381 g/mol. The van der Waals surface area contributed by atoms with Crippen LogP contribution in [0.3, 0.4) is 0 Å². The highest BCUT2D eigenvalue weighted by Gasteiger charge is 2.26. The Morgan fingerprint density at radius 2 is 2.07 bits per heavy atom. The highest BCUT2D eigenvalue weighted by Crippen LogP contribution is 2.25. The zero-order valence-corrected chi connectivity index (χ0v) is 17.3. The van der Waals surface area contributed by atoms with Crippen LogP contribution in [0.4, 0.5) is 10.1 Å². The van der Waals surface area contributed by atoms with Crippen LogP contribution in [-0.2, 0) is 11.3 Å². The molecule has 30 heavy (non-hydrogen) atoms. The summed E-state index contributed by atoms with van der Waals surface area (Å²) in [5.41, 5.74) is 3.36. The minimum Gasteiger partial charge on any atom is -0.441 e. The molecule has 2 aromatic carbocycles. The van der Waals surface area contributed by atoms with Gasteiger partial charge in [0.1, 0.15) is 11.6 Å². The number of piperidine rings is 1. The summed E-state index contributed by atoms with van der Waals surface area (Å²) in [6.07, 6.45) is 1.80. The number of hydrogen-bond donors (Lipinski definition) is 1. The summed E-state index contributed by atoms with van der Waals surface area (Å²) in [6, 6.07) is 14.2. The lowest BCUT2D eigenvalue weighted by Crippen LogP contribution is -2.40. The van der Waals surface area contributed by atoms with Crippen LogP contribution in [0, 0.1) is 25.6 Å². The topological polar surface area (TPSA) is 58.4 Å². The molecule has 1 N–H and O–H groups in total. The Morgan fingerprint density at radius 3 is 2.83 bits per heavy atom. The molecule has 0 radical (unpaired) electrons. The SMILES string of the molecule is Cc1nc(-c2cccc(NC(=O)C3CCCN(Cc4cccc(F)c4)C3)c2)oc1C. The van der Waals surface area contributed by atoms with Crippen LogP contribution in [0.1, 0.15) is 29.9 Å². The molecule has 0 bridgehead atoms. The van der Waals surface area contributed by atoms with E-state index in [4.69, 9.17) is 4.42 Å². The molecule has 0 aliphatic carbocycles. The van der Waals surface area contributed by atoms with Crippen molar-refractivity contribution in [1.29, 1.82) is 0 Å². The van der Waals surface area contributed by atoms with E-state index in [1.165, 1.54) is 6.07 Å². The Labute approximate surface area is 175 Å². The molecule has 1 aliphatic heterocycles. The molecule has 3 aromatic rings. The van der Waals surface area contributed by atoms with Gasteiger partial charge in [-0.3, -0.25) is 9.69 Å². The molecule has 1 amide bonds. The van der Waals surface area contributed by atoms with E-state index >= 15 is 0 Å². The monoisotopic (exact) mass is 407 g/mol. The maximum absolute atomic E-state index is 13.5. The van der Waals surface area contributed by atoms with Crippen molar-refractivity contribution in [2.45, 2.75) is 33.2 Å².